The molecule has 1 heterocycles. The molecule has 4 amide bonds. The molecule has 0 aromatic carbocycles. The number of primary amides is 1. The molecule has 0 bridgehead atoms. The molecule has 1 aliphatic rings. The van der Waals surface area contributed by atoms with Gasteiger partial charge in [0.2, 0.25) is 23.6 Å². The van der Waals surface area contributed by atoms with Crippen LogP contribution in [0, 0.1) is 11.8 Å². The Kier molecular flexibility index (Phi) is 9.89. The molecule has 31 heavy (non-hydrogen) atoms. The lowest BCUT2D eigenvalue weighted by atomic mass is 10.0. The molecule has 0 radical (unpaired) electrons. The highest BCUT2D eigenvalue weighted by molar-refractivity contribution is 5.96. The minimum atomic E-state index is -1.26. The monoisotopic (exact) mass is 441 g/mol. The maximum atomic E-state index is 13.1. The number of carbonyl (C=O) groups excluding carboxylic acids is 4. The Hall–Kier alpha value is -2.69. The van der Waals surface area contributed by atoms with Gasteiger partial charge in [0.25, 0.3) is 0 Å². The molecule has 4 atom stereocenters. The van der Waals surface area contributed by atoms with E-state index in [0.29, 0.717) is 12.8 Å². The van der Waals surface area contributed by atoms with E-state index in [1.165, 1.54) is 4.90 Å². The number of rotatable bonds is 11. The van der Waals surface area contributed by atoms with Crippen LogP contribution in [0.4, 0.5) is 0 Å². The van der Waals surface area contributed by atoms with Crippen molar-refractivity contribution in [2.45, 2.75) is 77.5 Å². The van der Waals surface area contributed by atoms with E-state index in [9.17, 15) is 29.1 Å². The van der Waals surface area contributed by atoms with Crippen molar-refractivity contribution < 1.29 is 29.1 Å². The second kappa shape index (κ2) is 11.6. The van der Waals surface area contributed by atoms with Crippen LogP contribution in [-0.4, -0.2) is 70.3 Å². The Bertz CT molecular complexity index is 696. The Morgan fingerprint density at radius 2 is 1.68 bits per heavy atom. The van der Waals surface area contributed by atoms with Gasteiger partial charge in [0.15, 0.2) is 0 Å². The minimum Gasteiger partial charge on any atom is -0.480 e. The number of carbonyl (C=O) groups is 5. The number of nitrogens with two attached hydrogens (primary N) is 2. The minimum absolute atomic E-state index is 0.0445. The molecule has 0 aromatic rings. The molecule has 0 aliphatic carbocycles. The van der Waals surface area contributed by atoms with Crippen molar-refractivity contribution in [2.24, 2.45) is 23.3 Å². The Balaban J connectivity index is 2.97. The molecule has 1 aliphatic heterocycles. The van der Waals surface area contributed by atoms with Crippen molar-refractivity contribution in [3.63, 3.8) is 0 Å². The second-order valence-corrected chi connectivity index (χ2v) is 8.72. The molecule has 11 heteroatoms. The fourth-order valence-corrected chi connectivity index (χ4v) is 3.44. The third kappa shape index (κ3) is 7.82. The summed E-state index contributed by atoms with van der Waals surface area (Å²) < 4.78 is 0. The van der Waals surface area contributed by atoms with E-state index in [4.69, 9.17) is 11.5 Å². The van der Waals surface area contributed by atoms with Crippen molar-refractivity contribution in [3.8, 4) is 0 Å². The zero-order valence-corrected chi connectivity index (χ0v) is 18.6. The topological polar surface area (TPSA) is 185 Å². The number of amides is 4. The summed E-state index contributed by atoms with van der Waals surface area (Å²) in [6.07, 6.45) is 0.670. The third-order valence-corrected chi connectivity index (χ3v) is 5.20. The Morgan fingerprint density at radius 3 is 2.16 bits per heavy atom. The van der Waals surface area contributed by atoms with Crippen LogP contribution in [0.2, 0.25) is 0 Å². The van der Waals surface area contributed by atoms with E-state index in [2.05, 4.69) is 10.6 Å². The average molecular weight is 442 g/mol. The molecule has 0 aromatic heterocycles. The average Bonchev–Trinajstić information content (AvgIpc) is 3.14. The van der Waals surface area contributed by atoms with Crippen LogP contribution in [-0.2, 0) is 24.0 Å². The lowest BCUT2D eigenvalue weighted by Crippen LogP contribution is -2.58. The van der Waals surface area contributed by atoms with Gasteiger partial charge in [0.1, 0.15) is 18.1 Å². The van der Waals surface area contributed by atoms with Gasteiger partial charge in [-0.05, 0) is 31.1 Å². The quantitative estimate of drug-likeness (QED) is 0.270. The van der Waals surface area contributed by atoms with Gasteiger partial charge >= 0.3 is 5.97 Å². The van der Waals surface area contributed by atoms with E-state index >= 15 is 0 Å². The summed E-state index contributed by atoms with van der Waals surface area (Å²) in [5.74, 6) is -3.90. The second-order valence-electron chi connectivity index (χ2n) is 8.72. The van der Waals surface area contributed by atoms with E-state index in [1.807, 2.05) is 13.8 Å². The van der Waals surface area contributed by atoms with Gasteiger partial charge in [-0.25, -0.2) is 4.79 Å². The number of carboxylic acid groups (broad SMARTS) is 1. The summed E-state index contributed by atoms with van der Waals surface area (Å²) in [4.78, 5) is 62.4. The first-order valence-electron chi connectivity index (χ1n) is 10.5. The molecular formula is C20H35N5O6. The van der Waals surface area contributed by atoms with Gasteiger partial charge in [0.05, 0.1) is 12.5 Å². The number of nitrogens with zero attached hydrogens (tertiary/aromatic N) is 1. The zero-order chi connectivity index (χ0) is 23.9. The number of hydrogen-bond donors (Lipinski definition) is 5. The van der Waals surface area contributed by atoms with E-state index < -0.39 is 60.2 Å². The predicted octanol–water partition coefficient (Wildman–Crippen LogP) is -1.06. The highest BCUT2D eigenvalue weighted by Crippen LogP contribution is 2.20. The standard InChI is InChI=1S/C20H35N5O6/c1-10(2)8-13(20(30)31)24-17(27)14-6-5-7-25(14)19(29)12(9-15(21)26)23-18(28)16(22)11(3)4/h10-14,16H,5-9,22H2,1-4H3,(H2,21,26)(H,23,28)(H,24,27)(H,30,31). The van der Waals surface area contributed by atoms with Gasteiger partial charge in [0, 0.05) is 6.54 Å². The number of hydrogen-bond acceptors (Lipinski definition) is 6. The molecule has 1 rings (SSSR count). The molecule has 0 saturated carbocycles. The molecule has 1 saturated heterocycles. The first kappa shape index (κ1) is 26.3. The molecule has 11 nitrogen and oxygen atoms in total. The largest absolute Gasteiger partial charge is 0.480 e. The summed E-state index contributed by atoms with van der Waals surface area (Å²) in [6, 6.07) is -4.11. The van der Waals surface area contributed by atoms with Crippen LogP contribution in [0.15, 0.2) is 0 Å². The highest BCUT2D eigenvalue weighted by atomic mass is 16.4. The van der Waals surface area contributed by atoms with Crippen LogP contribution < -0.4 is 22.1 Å². The highest BCUT2D eigenvalue weighted by Gasteiger charge is 2.39. The first-order chi connectivity index (χ1) is 14.3. The van der Waals surface area contributed by atoms with Crippen molar-refractivity contribution >= 4 is 29.6 Å². The SMILES string of the molecule is CC(C)CC(NC(=O)C1CCCN1C(=O)C(CC(N)=O)NC(=O)C(N)C(C)C)C(=O)O. The van der Waals surface area contributed by atoms with Crippen molar-refractivity contribution in [3.05, 3.63) is 0 Å². The molecule has 1 fully saturated rings. The molecule has 0 spiro atoms. The maximum absolute atomic E-state index is 13.1. The van der Waals surface area contributed by atoms with Crippen molar-refractivity contribution in [1.29, 1.82) is 0 Å². The summed E-state index contributed by atoms with van der Waals surface area (Å²) in [7, 11) is 0. The number of aliphatic carboxylic acids is 1. The molecule has 7 N–H and O–H groups in total. The number of carboxylic acids is 1. The van der Waals surface area contributed by atoms with Crippen LogP contribution in [0.1, 0.15) is 53.4 Å². The fraction of sp³-hybridized carbons (Fsp3) is 0.750. The first-order valence-corrected chi connectivity index (χ1v) is 10.5. The van der Waals surface area contributed by atoms with Crippen LogP contribution in [0.25, 0.3) is 0 Å². The van der Waals surface area contributed by atoms with Gasteiger partial charge in [-0.3, -0.25) is 19.2 Å². The van der Waals surface area contributed by atoms with E-state index in [-0.39, 0.29) is 24.8 Å². The Labute approximate surface area is 182 Å². The molecule has 176 valence electrons. The van der Waals surface area contributed by atoms with Gasteiger partial charge < -0.3 is 32.1 Å². The van der Waals surface area contributed by atoms with Gasteiger partial charge in [-0.2, -0.15) is 0 Å². The van der Waals surface area contributed by atoms with Crippen LogP contribution in [0.5, 0.6) is 0 Å². The number of nitrogens with one attached hydrogen (secondary N) is 2. The van der Waals surface area contributed by atoms with Crippen LogP contribution >= 0.6 is 0 Å². The normalized spacial score (nSPS) is 19.1. The van der Waals surface area contributed by atoms with Crippen molar-refractivity contribution in [1.82, 2.24) is 15.5 Å². The predicted molar refractivity (Wildman–Crippen MR) is 112 cm³/mol. The van der Waals surface area contributed by atoms with Gasteiger partial charge in [-0.15, -0.1) is 0 Å². The van der Waals surface area contributed by atoms with Crippen LogP contribution in [0.3, 0.4) is 0 Å². The fourth-order valence-electron chi connectivity index (χ4n) is 3.44. The summed E-state index contributed by atoms with van der Waals surface area (Å²) >= 11 is 0. The van der Waals surface area contributed by atoms with E-state index in [0.717, 1.165) is 0 Å². The maximum Gasteiger partial charge on any atom is 0.326 e. The molecular weight excluding hydrogens is 406 g/mol. The third-order valence-electron chi connectivity index (χ3n) is 5.20. The van der Waals surface area contributed by atoms with Gasteiger partial charge in [-0.1, -0.05) is 27.7 Å². The Morgan fingerprint density at radius 1 is 1.06 bits per heavy atom. The lowest BCUT2D eigenvalue weighted by Gasteiger charge is -2.30. The zero-order valence-electron chi connectivity index (χ0n) is 18.6. The summed E-state index contributed by atoms with van der Waals surface area (Å²) in [5.41, 5.74) is 11.1. The smallest absolute Gasteiger partial charge is 0.326 e. The number of likely N-dealkylation sites (tertiary alicyclic amines) is 1. The van der Waals surface area contributed by atoms with E-state index in [1.54, 1.807) is 13.8 Å². The summed E-state index contributed by atoms with van der Waals surface area (Å²) in [5, 5.41) is 14.3. The lowest BCUT2D eigenvalue weighted by molar-refractivity contribution is -0.145. The summed E-state index contributed by atoms with van der Waals surface area (Å²) in [6.45, 7) is 7.40. The molecule has 4 unspecified atom stereocenters. The van der Waals surface area contributed by atoms with Crippen molar-refractivity contribution in [2.75, 3.05) is 6.54 Å².